The highest BCUT2D eigenvalue weighted by atomic mass is 16.3. The Bertz CT molecular complexity index is 479. The van der Waals surface area contributed by atoms with Crippen LogP contribution in [0.25, 0.3) is 0 Å². The van der Waals surface area contributed by atoms with Gasteiger partial charge in [-0.2, -0.15) is 0 Å². The van der Waals surface area contributed by atoms with Crippen molar-refractivity contribution in [3.63, 3.8) is 0 Å². The first-order valence-corrected chi connectivity index (χ1v) is 5.36. The smallest absolute Gasteiger partial charge is 0.147 e. The van der Waals surface area contributed by atoms with E-state index in [1.165, 1.54) is 0 Å². The highest BCUT2D eigenvalue weighted by Crippen LogP contribution is 2.15. The molecule has 0 saturated heterocycles. The van der Waals surface area contributed by atoms with Crippen molar-refractivity contribution in [2.75, 3.05) is 11.9 Å². The Morgan fingerprint density at radius 1 is 1.35 bits per heavy atom. The lowest BCUT2D eigenvalue weighted by atomic mass is 10.2. The highest BCUT2D eigenvalue weighted by Gasteiger charge is 2.07. The van der Waals surface area contributed by atoms with Gasteiger partial charge >= 0.3 is 0 Å². The molecule has 17 heavy (non-hydrogen) atoms. The van der Waals surface area contributed by atoms with Crippen LogP contribution in [0.4, 0.5) is 5.82 Å². The molecule has 0 aliphatic carbocycles. The molecule has 0 amide bonds. The maximum atomic E-state index is 8.88. The van der Waals surface area contributed by atoms with Crippen LogP contribution < -0.4 is 4.90 Å². The van der Waals surface area contributed by atoms with E-state index in [9.17, 15) is 0 Å². The number of aliphatic hydroxyl groups is 1. The van der Waals surface area contributed by atoms with E-state index in [1.807, 2.05) is 24.9 Å². The average Bonchev–Trinajstić information content (AvgIpc) is 2.75. The van der Waals surface area contributed by atoms with Gasteiger partial charge in [-0.3, -0.25) is 4.98 Å². The zero-order chi connectivity index (χ0) is 12.3. The second-order valence-corrected chi connectivity index (χ2v) is 3.88. The lowest BCUT2D eigenvalue weighted by Gasteiger charge is -2.17. The first-order valence-electron chi connectivity index (χ1n) is 5.36. The third-order valence-electron chi connectivity index (χ3n) is 2.62. The highest BCUT2D eigenvalue weighted by molar-refractivity contribution is 5.36. The van der Waals surface area contributed by atoms with Crippen LogP contribution in [0.15, 0.2) is 29.1 Å². The van der Waals surface area contributed by atoms with Gasteiger partial charge < -0.3 is 14.4 Å². The monoisotopic (exact) mass is 233 g/mol. The molecule has 1 N–H and O–H groups in total. The third kappa shape index (κ3) is 2.62. The van der Waals surface area contributed by atoms with Crippen LogP contribution in [-0.2, 0) is 13.2 Å². The average molecular weight is 233 g/mol. The normalized spacial score (nSPS) is 10.5. The van der Waals surface area contributed by atoms with E-state index in [-0.39, 0.29) is 6.61 Å². The fraction of sp³-hybridized carbons (Fsp3) is 0.333. The number of hydrogen-bond donors (Lipinski definition) is 1. The topological polar surface area (TPSA) is 62.4 Å². The van der Waals surface area contributed by atoms with Crippen LogP contribution >= 0.6 is 0 Å². The maximum absolute atomic E-state index is 8.88. The van der Waals surface area contributed by atoms with E-state index < -0.39 is 0 Å². The molecule has 90 valence electrons. The summed E-state index contributed by atoms with van der Waals surface area (Å²) in [7, 11) is 1.94. The largest absolute Gasteiger partial charge is 0.469 e. The van der Waals surface area contributed by atoms with Crippen LogP contribution in [0.3, 0.4) is 0 Å². The van der Waals surface area contributed by atoms with Crippen LogP contribution in [0, 0.1) is 6.92 Å². The van der Waals surface area contributed by atoms with Crippen LogP contribution in [0.2, 0.25) is 0 Å². The number of nitrogens with zero attached hydrogens (tertiary/aromatic N) is 3. The minimum atomic E-state index is -0.0855. The number of furan rings is 1. The van der Waals surface area contributed by atoms with Crippen molar-refractivity contribution in [3.8, 4) is 0 Å². The van der Waals surface area contributed by atoms with E-state index in [0.29, 0.717) is 5.69 Å². The molecule has 5 heteroatoms. The molecule has 2 rings (SSSR count). The standard InChI is InChI=1S/C12H15N3O2/c1-9-10(3-4-17-9)7-15(2)12-6-13-11(8-16)5-14-12/h3-6,16H,7-8H2,1-2H3. The summed E-state index contributed by atoms with van der Waals surface area (Å²) in [6.45, 7) is 2.57. The number of aromatic nitrogens is 2. The summed E-state index contributed by atoms with van der Waals surface area (Å²) >= 11 is 0. The Labute approximate surface area is 99.7 Å². The van der Waals surface area contributed by atoms with Crippen LogP contribution in [-0.4, -0.2) is 22.1 Å². The van der Waals surface area contributed by atoms with Crippen molar-refractivity contribution in [1.82, 2.24) is 9.97 Å². The van der Waals surface area contributed by atoms with Crippen molar-refractivity contribution in [3.05, 3.63) is 41.7 Å². The van der Waals surface area contributed by atoms with Gasteiger partial charge in [0, 0.05) is 19.2 Å². The molecule has 0 saturated carbocycles. The summed E-state index contributed by atoms with van der Waals surface area (Å²) in [5.74, 6) is 1.68. The van der Waals surface area contributed by atoms with Gasteiger partial charge in [-0.15, -0.1) is 0 Å². The van der Waals surface area contributed by atoms with Crippen molar-refractivity contribution < 1.29 is 9.52 Å². The van der Waals surface area contributed by atoms with Crippen molar-refractivity contribution in [2.45, 2.75) is 20.1 Å². The maximum Gasteiger partial charge on any atom is 0.147 e. The van der Waals surface area contributed by atoms with Crippen LogP contribution in [0.1, 0.15) is 17.0 Å². The molecule has 2 heterocycles. The molecular formula is C12H15N3O2. The van der Waals surface area contributed by atoms with Gasteiger partial charge in [0.2, 0.25) is 0 Å². The Kier molecular flexibility index (Phi) is 3.39. The molecule has 0 atom stereocenters. The van der Waals surface area contributed by atoms with Crippen molar-refractivity contribution in [1.29, 1.82) is 0 Å². The second-order valence-electron chi connectivity index (χ2n) is 3.88. The first kappa shape index (κ1) is 11.6. The van der Waals surface area contributed by atoms with E-state index in [1.54, 1.807) is 18.7 Å². The zero-order valence-electron chi connectivity index (χ0n) is 9.92. The summed E-state index contributed by atoms with van der Waals surface area (Å²) in [6, 6.07) is 1.95. The summed E-state index contributed by atoms with van der Waals surface area (Å²) < 4.78 is 5.24. The van der Waals surface area contributed by atoms with Gasteiger partial charge in [0.25, 0.3) is 0 Å². The molecule has 0 aromatic carbocycles. The van der Waals surface area contributed by atoms with Gasteiger partial charge in [0.15, 0.2) is 0 Å². The number of hydrogen-bond acceptors (Lipinski definition) is 5. The predicted molar refractivity (Wildman–Crippen MR) is 63.5 cm³/mol. The summed E-state index contributed by atoms with van der Waals surface area (Å²) in [4.78, 5) is 10.3. The fourth-order valence-corrected chi connectivity index (χ4v) is 1.54. The van der Waals surface area contributed by atoms with Gasteiger partial charge in [0.05, 0.1) is 31.0 Å². The second kappa shape index (κ2) is 4.97. The van der Waals surface area contributed by atoms with E-state index in [0.717, 1.165) is 23.7 Å². The molecule has 0 bridgehead atoms. The number of rotatable bonds is 4. The van der Waals surface area contributed by atoms with Crippen molar-refractivity contribution >= 4 is 5.82 Å². The molecule has 0 radical (unpaired) electrons. The SMILES string of the molecule is Cc1occc1CN(C)c1cnc(CO)cn1. The molecule has 5 nitrogen and oxygen atoms in total. The minimum Gasteiger partial charge on any atom is -0.469 e. The molecule has 2 aromatic heterocycles. The molecule has 0 aliphatic rings. The van der Waals surface area contributed by atoms with E-state index >= 15 is 0 Å². The first-order chi connectivity index (χ1) is 8.20. The minimum absolute atomic E-state index is 0.0855. The lowest BCUT2D eigenvalue weighted by molar-refractivity contribution is 0.276. The Morgan fingerprint density at radius 2 is 2.18 bits per heavy atom. The van der Waals surface area contributed by atoms with Gasteiger partial charge in [-0.05, 0) is 13.0 Å². The van der Waals surface area contributed by atoms with Gasteiger partial charge in [-0.1, -0.05) is 0 Å². The summed E-state index contributed by atoms with van der Waals surface area (Å²) in [5.41, 5.74) is 1.70. The molecule has 0 unspecified atom stereocenters. The van der Waals surface area contributed by atoms with E-state index in [2.05, 4.69) is 9.97 Å². The van der Waals surface area contributed by atoms with Crippen molar-refractivity contribution in [2.24, 2.45) is 0 Å². The summed E-state index contributed by atoms with van der Waals surface area (Å²) in [6.07, 6.45) is 4.91. The predicted octanol–water partition coefficient (Wildman–Crippen LogP) is 1.51. The van der Waals surface area contributed by atoms with Crippen LogP contribution in [0.5, 0.6) is 0 Å². The molecular weight excluding hydrogens is 218 g/mol. The number of aryl methyl sites for hydroxylation is 1. The molecule has 2 aromatic rings. The quantitative estimate of drug-likeness (QED) is 0.867. The fourth-order valence-electron chi connectivity index (χ4n) is 1.54. The summed E-state index contributed by atoms with van der Waals surface area (Å²) in [5, 5.41) is 8.88. The lowest BCUT2D eigenvalue weighted by Crippen LogP contribution is -2.18. The van der Waals surface area contributed by atoms with Gasteiger partial charge in [0.1, 0.15) is 11.6 Å². The Hall–Kier alpha value is -1.88. The number of anilines is 1. The Morgan fingerprint density at radius 3 is 2.71 bits per heavy atom. The molecule has 0 spiro atoms. The molecule has 0 aliphatic heterocycles. The Balaban J connectivity index is 2.09. The number of aliphatic hydroxyl groups excluding tert-OH is 1. The zero-order valence-corrected chi connectivity index (χ0v) is 9.92. The molecule has 0 fully saturated rings. The van der Waals surface area contributed by atoms with Gasteiger partial charge in [-0.25, -0.2) is 4.98 Å². The third-order valence-corrected chi connectivity index (χ3v) is 2.62. The van der Waals surface area contributed by atoms with E-state index in [4.69, 9.17) is 9.52 Å².